The van der Waals surface area contributed by atoms with Crippen molar-refractivity contribution in [3.8, 4) is 40.2 Å². The highest BCUT2D eigenvalue weighted by molar-refractivity contribution is 14.1. The highest BCUT2D eigenvalue weighted by atomic mass is 127. The molecule has 0 unspecified atom stereocenters. The monoisotopic (exact) mass is 1530 g/mol. The first-order valence-electron chi connectivity index (χ1n) is 32.7. The van der Waals surface area contributed by atoms with E-state index in [2.05, 4.69) is 185 Å². The first kappa shape index (κ1) is 69.1. The number of hydrogen-bond donors (Lipinski definition) is 8. The number of rotatable bonds is 11. The van der Waals surface area contributed by atoms with Crippen LogP contribution in [0.3, 0.4) is 0 Å². The summed E-state index contributed by atoms with van der Waals surface area (Å²) in [6.07, 6.45) is 18.3. The lowest BCUT2D eigenvalue weighted by Gasteiger charge is -2.05. The standard InChI is InChI=1S/C22H23N3O3.C20H18BrN3O.C20H18IN3O.C19H17N3O2/c1-12-6-13(2)23-15(12)9-19-20(26-3)11-18(25-19)17-7-14-8-21(27-4)22(28-5)10-16(14)24-17;1-11-6-12(2)22-16(11)9-19-20(25-3)10-18(24-19)17-8-13-7-14(21)4-5-15(13)23-17;1-11-15(22-12(2)20(11)21)9-18-19(25-3)10-17(24-18)16-8-13-6-4-5-7-14(13)23-16;1-23-18-7-8-20-16(18)10-17-19(24-2)11-15(22-17)14-9-12-5-3-4-6-13(12)21-14/h6-11,23,25H,1-5H3;2*4-10,22,24H,1-3H3;3-11,20,22H,1-2H3/b2*18-17?,19-9-;17-16?,18-9-;15-14?,17-10-. The van der Waals surface area contributed by atoms with Crippen molar-refractivity contribution in [2.24, 2.45) is 20.0 Å². The van der Waals surface area contributed by atoms with Gasteiger partial charge in [0, 0.05) is 99.6 Å². The number of para-hydroxylation sites is 2. The van der Waals surface area contributed by atoms with Crippen molar-refractivity contribution < 1.29 is 33.2 Å². The molecule has 12 heterocycles. The van der Waals surface area contributed by atoms with Gasteiger partial charge in [0.2, 0.25) is 0 Å². The zero-order chi connectivity index (χ0) is 71.5. The van der Waals surface area contributed by atoms with E-state index in [9.17, 15) is 0 Å². The Morgan fingerprint density at radius 2 is 0.735 bits per heavy atom. The van der Waals surface area contributed by atoms with Crippen LogP contribution in [0.5, 0.6) is 40.2 Å². The number of fused-ring (bicyclic) bond motifs is 4. The lowest BCUT2D eigenvalue weighted by Crippen LogP contribution is -2.21. The van der Waals surface area contributed by atoms with Crippen LogP contribution >= 0.6 is 38.5 Å². The zero-order valence-electron chi connectivity index (χ0n) is 58.6. The molecule has 4 aliphatic heterocycles. The molecule has 21 heteroatoms. The van der Waals surface area contributed by atoms with E-state index < -0.39 is 0 Å². The van der Waals surface area contributed by atoms with Gasteiger partial charge in [0.25, 0.3) is 0 Å². The first-order chi connectivity index (χ1) is 49.4. The average molecular weight is 1540 g/mol. The minimum Gasteiger partial charge on any atom is -0.495 e. The molecule has 0 atom stereocenters. The van der Waals surface area contributed by atoms with Crippen molar-refractivity contribution in [2.45, 2.75) is 41.5 Å². The third-order valence-corrected chi connectivity index (χ3v) is 19.7. The molecule has 0 amide bonds. The quantitative estimate of drug-likeness (QED) is 0.0837. The van der Waals surface area contributed by atoms with Crippen LogP contribution in [0.2, 0.25) is 0 Å². The third-order valence-electron chi connectivity index (χ3n) is 17.6. The summed E-state index contributed by atoms with van der Waals surface area (Å²) in [5.41, 5.74) is 14.8. The molecule has 0 aliphatic carbocycles. The second kappa shape index (κ2) is 29.8. The van der Waals surface area contributed by atoms with Gasteiger partial charge in [-0.25, -0.2) is 20.0 Å². The molecule has 0 saturated carbocycles. The number of aryl methyl sites for hydroxylation is 5. The van der Waals surface area contributed by atoms with Crippen LogP contribution in [0.25, 0.3) is 71.4 Å². The maximum Gasteiger partial charge on any atom is 0.162 e. The van der Waals surface area contributed by atoms with Gasteiger partial charge in [0.15, 0.2) is 11.5 Å². The summed E-state index contributed by atoms with van der Waals surface area (Å²) in [5, 5.41) is 15.5. The van der Waals surface area contributed by atoms with Crippen molar-refractivity contribution in [1.29, 1.82) is 0 Å². The van der Waals surface area contributed by atoms with E-state index in [4.69, 9.17) is 48.1 Å². The molecule has 16 rings (SSSR count). The summed E-state index contributed by atoms with van der Waals surface area (Å²) >= 11 is 5.88. The number of benzene rings is 4. The molecule has 0 radical (unpaired) electrons. The Balaban J connectivity index is 0.000000122. The van der Waals surface area contributed by atoms with Crippen LogP contribution in [-0.2, 0) is 0 Å². The minimum atomic E-state index is 0.662. The van der Waals surface area contributed by atoms with Crippen LogP contribution < -0.4 is 118 Å². The Morgan fingerprint density at radius 3 is 1.14 bits per heavy atom. The van der Waals surface area contributed by atoms with Crippen molar-refractivity contribution in [1.82, 2.24) is 39.9 Å². The Bertz CT molecular complexity index is 6300. The number of aromatic amines is 8. The molecule has 0 spiro atoms. The summed E-state index contributed by atoms with van der Waals surface area (Å²) in [6, 6.07) is 40.2. The van der Waals surface area contributed by atoms with Gasteiger partial charge in [-0.05, 0) is 184 Å². The molecular formula is C81H76BrIN12O7. The van der Waals surface area contributed by atoms with Gasteiger partial charge < -0.3 is 73.0 Å². The Morgan fingerprint density at radius 1 is 0.353 bits per heavy atom. The predicted molar refractivity (Wildman–Crippen MR) is 413 cm³/mol. The number of ether oxygens (including phenoxy) is 7. The summed E-state index contributed by atoms with van der Waals surface area (Å²) in [4.78, 5) is 45.8. The summed E-state index contributed by atoms with van der Waals surface area (Å²) in [5.74, 6) is 5.27. The summed E-state index contributed by atoms with van der Waals surface area (Å²) in [7, 11) is 11.6. The molecule has 516 valence electrons. The fourth-order valence-electron chi connectivity index (χ4n) is 12.4. The predicted octanol–water partition coefficient (Wildman–Crippen LogP) is 4.85. The topological polar surface area (TPSA) is 240 Å². The normalized spacial score (nSPS) is 15.6. The lowest BCUT2D eigenvalue weighted by molar-refractivity contribution is 0.354. The largest absolute Gasteiger partial charge is 0.495 e. The van der Waals surface area contributed by atoms with Crippen LogP contribution in [0.1, 0.15) is 56.5 Å². The molecule has 19 nitrogen and oxygen atoms in total. The highest BCUT2D eigenvalue weighted by Gasteiger charge is 2.15. The van der Waals surface area contributed by atoms with Gasteiger partial charge >= 0.3 is 0 Å². The number of halogens is 2. The smallest absolute Gasteiger partial charge is 0.162 e. The second-order valence-corrected chi connectivity index (χ2v) is 26.5. The zero-order valence-corrected chi connectivity index (χ0v) is 62.4. The van der Waals surface area contributed by atoms with Crippen molar-refractivity contribution in [3.63, 3.8) is 0 Å². The van der Waals surface area contributed by atoms with E-state index in [-0.39, 0.29) is 0 Å². The lowest BCUT2D eigenvalue weighted by atomic mass is 10.2. The first-order valence-corrected chi connectivity index (χ1v) is 34.6. The highest BCUT2D eigenvalue weighted by Crippen LogP contribution is 2.24. The summed E-state index contributed by atoms with van der Waals surface area (Å²) < 4.78 is 40.6. The molecule has 4 aromatic carbocycles. The SMILES string of the molecule is COc1cc(=C2C=c3cc(Br)ccc3=N2)[nH]/c1=C\c1[nH]c(C)cc1C.COc1cc(=C2C=c3ccccc3=N2)[nH]/c1=C\c1[nH]c(C)c(I)c1C.COc1cc2c(cc1OC)=NC(=c1cc(OC)/c(=C/c3[nH]c(C)cc3C)[nH]1)C=2.COc1cc[nH]c1/C=c1\[nH]c(=C2C=c3ccccc3=N2)cc1OC. The number of nitrogens with one attached hydrogen (secondary N) is 8. The Labute approximate surface area is 607 Å². The molecule has 0 saturated heterocycles. The van der Waals surface area contributed by atoms with Crippen molar-refractivity contribution in [3.05, 3.63) is 277 Å². The second-order valence-electron chi connectivity index (χ2n) is 24.6. The van der Waals surface area contributed by atoms with E-state index >= 15 is 0 Å². The fourth-order valence-corrected chi connectivity index (χ4v) is 13.2. The average Bonchev–Trinajstić information content (AvgIpc) is 1.64. The molecule has 12 aromatic rings. The van der Waals surface area contributed by atoms with Gasteiger partial charge in [0.05, 0.1) is 142 Å². The van der Waals surface area contributed by atoms with Gasteiger partial charge in [-0.2, -0.15) is 0 Å². The van der Waals surface area contributed by atoms with Gasteiger partial charge in [-0.1, -0.05) is 52.3 Å². The van der Waals surface area contributed by atoms with E-state index in [1.54, 1.807) is 49.8 Å². The van der Waals surface area contributed by atoms with Crippen LogP contribution in [0.4, 0.5) is 0 Å². The Hall–Kier alpha value is -11.4. The number of hydrogen-bond acceptors (Lipinski definition) is 11. The molecule has 0 bridgehead atoms. The van der Waals surface area contributed by atoms with E-state index in [0.717, 1.165) is 175 Å². The molecule has 8 aromatic heterocycles. The maximum atomic E-state index is 5.57. The maximum absolute atomic E-state index is 5.57. The number of methoxy groups -OCH3 is 7. The number of aromatic nitrogens is 8. The molecular weight excluding hydrogens is 1460 g/mol. The minimum absolute atomic E-state index is 0.662. The molecule has 0 fully saturated rings. The number of nitrogens with zero attached hydrogens (tertiary/aromatic N) is 4. The molecule has 4 aliphatic rings. The Kier molecular flexibility index (Phi) is 20.2. The van der Waals surface area contributed by atoms with Crippen LogP contribution in [-0.4, -0.2) is 89.6 Å². The fraction of sp³-hybridized carbons (Fsp3) is 0.160. The summed E-state index contributed by atoms with van der Waals surface area (Å²) in [6.45, 7) is 12.5. The van der Waals surface area contributed by atoms with Crippen LogP contribution in [0.15, 0.2) is 152 Å². The molecule has 8 N–H and O–H groups in total. The van der Waals surface area contributed by atoms with Gasteiger partial charge in [-0.3, -0.25) is 0 Å². The van der Waals surface area contributed by atoms with Gasteiger partial charge in [0.1, 0.15) is 28.7 Å². The van der Waals surface area contributed by atoms with Crippen LogP contribution in [0, 0.1) is 45.1 Å². The number of H-pyrrole nitrogens is 8. The van der Waals surface area contributed by atoms with Gasteiger partial charge in [-0.15, -0.1) is 0 Å². The van der Waals surface area contributed by atoms with E-state index in [1.807, 2.05) is 116 Å². The van der Waals surface area contributed by atoms with Crippen molar-refractivity contribution in [2.75, 3.05) is 49.8 Å². The molecule has 102 heavy (non-hydrogen) atoms. The third kappa shape index (κ3) is 14.6. The van der Waals surface area contributed by atoms with E-state index in [0.29, 0.717) is 11.5 Å². The van der Waals surface area contributed by atoms with E-state index in [1.165, 1.54) is 26.0 Å². The van der Waals surface area contributed by atoms with Crippen molar-refractivity contribution >= 4 is 110 Å².